The van der Waals surface area contributed by atoms with Gasteiger partial charge in [-0.25, -0.2) is 0 Å². The average Bonchev–Trinajstić information content (AvgIpc) is 2.78. The van der Waals surface area contributed by atoms with Crippen LogP contribution in [0.5, 0.6) is 0 Å². The van der Waals surface area contributed by atoms with E-state index in [-0.39, 0.29) is 5.78 Å². The van der Waals surface area contributed by atoms with Crippen molar-refractivity contribution < 1.29 is 9.53 Å². The molecule has 1 saturated carbocycles. The van der Waals surface area contributed by atoms with Crippen LogP contribution in [0.3, 0.4) is 0 Å². The van der Waals surface area contributed by atoms with Gasteiger partial charge in [0.25, 0.3) is 0 Å². The summed E-state index contributed by atoms with van der Waals surface area (Å²) in [7, 11) is 0. The third-order valence-corrected chi connectivity index (χ3v) is 5.93. The van der Waals surface area contributed by atoms with Crippen molar-refractivity contribution in [3.05, 3.63) is 20.8 Å². The van der Waals surface area contributed by atoms with Crippen molar-refractivity contribution in [3.8, 4) is 0 Å². The zero-order valence-electron chi connectivity index (χ0n) is 12.5. The number of carbonyl (C=O) groups excluding carboxylic acids is 1. The predicted molar refractivity (Wildman–Crippen MR) is 87.3 cm³/mol. The van der Waals surface area contributed by atoms with Crippen LogP contribution in [0.2, 0.25) is 0 Å². The number of ketones is 1. The van der Waals surface area contributed by atoms with Crippen molar-refractivity contribution in [1.29, 1.82) is 0 Å². The Bertz CT molecular complexity index is 469. The molecule has 1 aromatic rings. The van der Waals surface area contributed by atoms with Crippen LogP contribution in [0, 0.1) is 5.41 Å². The lowest BCUT2D eigenvalue weighted by Crippen LogP contribution is -2.47. The standard InChI is InChI=1S/C16H23BrO2S/c1-4-19-16(9-7-15(2,3)8-10-16)13(18)11-12-5-6-14(17)20-12/h5-6H,4,7-11H2,1-3H3. The van der Waals surface area contributed by atoms with Crippen LogP contribution in [0.4, 0.5) is 0 Å². The summed E-state index contributed by atoms with van der Waals surface area (Å²) in [6, 6.07) is 4.03. The van der Waals surface area contributed by atoms with Gasteiger partial charge < -0.3 is 4.74 Å². The van der Waals surface area contributed by atoms with Crippen molar-refractivity contribution >= 4 is 33.0 Å². The molecule has 1 heterocycles. The molecule has 112 valence electrons. The molecule has 20 heavy (non-hydrogen) atoms. The fourth-order valence-electron chi connectivity index (χ4n) is 2.88. The van der Waals surface area contributed by atoms with Gasteiger partial charge in [-0.05, 0) is 66.1 Å². The maximum Gasteiger partial charge on any atom is 0.169 e. The maximum atomic E-state index is 12.8. The Labute approximate surface area is 134 Å². The first-order valence-electron chi connectivity index (χ1n) is 7.28. The summed E-state index contributed by atoms with van der Waals surface area (Å²) in [5.74, 6) is 0.254. The van der Waals surface area contributed by atoms with E-state index in [0.717, 1.165) is 34.3 Å². The topological polar surface area (TPSA) is 26.3 Å². The first kappa shape index (κ1) is 16.2. The molecule has 0 saturated heterocycles. The monoisotopic (exact) mass is 358 g/mol. The highest BCUT2D eigenvalue weighted by Gasteiger charge is 2.44. The summed E-state index contributed by atoms with van der Waals surface area (Å²) in [5, 5.41) is 0. The molecule has 0 radical (unpaired) electrons. The van der Waals surface area contributed by atoms with Crippen molar-refractivity contribution in [2.45, 2.75) is 58.5 Å². The number of thiophene rings is 1. The van der Waals surface area contributed by atoms with Crippen LogP contribution in [-0.2, 0) is 16.0 Å². The highest BCUT2D eigenvalue weighted by molar-refractivity contribution is 9.11. The Morgan fingerprint density at radius 2 is 1.95 bits per heavy atom. The summed E-state index contributed by atoms with van der Waals surface area (Å²) < 4.78 is 7.03. The van der Waals surface area contributed by atoms with E-state index in [0.29, 0.717) is 18.4 Å². The van der Waals surface area contributed by atoms with Crippen molar-refractivity contribution in [2.24, 2.45) is 5.41 Å². The number of hydrogen-bond donors (Lipinski definition) is 0. The minimum Gasteiger partial charge on any atom is -0.367 e. The molecule has 0 aliphatic heterocycles. The molecule has 0 aromatic carbocycles. The Balaban J connectivity index is 2.10. The molecule has 0 spiro atoms. The molecule has 1 fully saturated rings. The van der Waals surface area contributed by atoms with Crippen molar-refractivity contribution in [2.75, 3.05) is 6.61 Å². The van der Waals surface area contributed by atoms with E-state index in [1.807, 2.05) is 19.1 Å². The quantitative estimate of drug-likeness (QED) is 0.740. The summed E-state index contributed by atoms with van der Waals surface area (Å²) in [5.41, 5.74) is -0.201. The Morgan fingerprint density at radius 3 is 2.45 bits per heavy atom. The molecule has 0 amide bonds. The van der Waals surface area contributed by atoms with Crippen LogP contribution in [0.1, 0.15) is 51.3 Å². The van der Waals surface area contributed by atoms with Crippen LogP contribution in [-0.4, -0.2) is 18.0 Å². The fraction of sp³-hybridized carbons (Fsp3) is 0.688. The van der Waals surface area contributed by atoms with E-state index >= 15 is 0 Å². The normalized spacial score (nSPS) is 20.8. The summed E-state index contributed by atoms with van der Waals surface area (Å²) in [6.45, 7) is 7.16. The second-order valence-corrected chi connectivity index (χ2v) is 8.94. The van der Waals surface area contributed by atoms with Crippen molar-refractivity contribution in [3.63, 3.8) is 0 Å². The number of halogens is 1. The molecular weight excluding hydrogens is 336 g/mol. The minimum absolute atomic E-state index is 0.254. The van der Waals surface area contributed by atoms with E-state index in [2.05, 4.69) is 29.8 Å². The molecule has 0 atom stereocenters. The number of hydrogen-bond acceptors (Lipinski definition) is 3. The van der Waals surface area contributed by atoms with Gasteiger partial charge in [0.2, 0.25) is 0 Å². The maximum absolute atomic E-state index is 12.8. The third kappa shape index (κ3) is 3.71. The van der Waals surface area contributed by atoms with E-state index in [1.165, 1.54) is 0 Å². The second kappa shape index (κ2) is 6.29. The Hall–Kier alpha value is -0.190. The largest absolute Gasteiger partial charge is 0.367 e. The smallest absolute Gasteiger partial charge is 0.169 e. The van der Waals surface area contributed by atoms with Crippen LogP contribution < -0.4 is 0 Å². The fourth-order valence-corrected chi connectivity index (χ4v) is 4.36. The van der Waals surface area contributed by atoms with Gasteiger partial charge in [0, 0.05) is 17.9 Å². The summed E-state index contributed by atoms with van der Waals surface area (Å²) in [6.07, 6.45) is 4.34. The van der Waals surface area contributed by atoms with Crippen LogP contribution in [0.15, 0.2) is 15.9 Å². The first-order chi connectivity index (χ1) is 9.37. The molecule has 0 unspecified atom stereocenters. The minimum atomic E-state index is -0.541. The molecule has 0 N–H and O–H groups in total. The molecule has 1 aliphatic rings. The third-order valence-electron chi connectivity index (χ3n) is 4.30. The highest BCUT2D eigenvalue weighted by atomic mass is 79.9. The van der Waals surface area contributed by atoms with Gasteiger partial charge in [-0.3, -0.25) is 4.79 Å². The molecule has 1 aliphatic carbocycles. The van der Waals surface area contributed by atoms with E-state index in [4.69, 9.17) is 4.74 Å². The van der Waals surface area contributed by atoms with Crippen LogP contribution in [0.25, 0.3) is 0 Å². The molecule has 4 heteroatoms. The van der Waals surface area contributed by atoms with Gasteiger partial charge in [-0.1, -0.05) is 13.8 Å². The number of ether oxygens (including phenoxy) is 1. The zero-order chi connectivity index (χ0) is 14.8. The van der Waals surface area contributed by atoms with Crippen LogP contribution >= 0.6 is 27.3 Å². The van der Waals surface area contributed by atoms with E-state index in [1.54, 1.807) is 11.3 Å². The second-order valence-electron chi connectivity index (χ2n) is 6.40. The zero-order valence-corrected chi connectivity index (χ0v) is 14.9. The highest BCUT2D eigenvalue weighted by Crippen LogP contribution is 2.43. The molecule has 1 aromatic heterocycles. The average molecular weight is 359 g/mol. The summed E-state index contributed by atoms with van der Waals surface area (Å²) in [4.78, 5) is 13.9. The van der Waals surface area contributed by atoms with Gasteiger partial charge in [0.1, 0.15) is 5.60 Å². The Morgan fingerprint density at radius 1 is 1.30 bits per heavy atom. The lowest BCUT2D eigenvalue weighted by molar-refractivity contribution is -0.151. The van der Waals surface area contributed by atoms with Gasteiger partial charge in [-0.2, -0.15) is 0 Å². The van der Waals surface area contributed by atoms with Gasteiger partial charge in [0.15, 0.2) is 5.78 Å². The lowest BCUT2D eigenvalue weighted by Gasteiger charge is -2.42. The first-order valence-corrected chi connectivity index (χ1v) is 8.89. The van der Waals surface area contributed by atoms with E-state index < -0.39 is 5.60 Å². The summed E-state index contributed by atoms with van der Waals surface area (Å²) >= 11 is 5.09. The number of rotatable bonds is 5. The molecule has 0 bridgehead atoms. The van der Waals surface area contributed by atoms with Crippen molar-refractivity contribution in [1.82, 2.24) is 0 Å². The van der Waals surface area contributed by atoms with Gasteiger partial charge in [-0.15, -0.1) is 11.3 Å². The predicted octanol–water partition coefficient (Wildman–Crippen LogP) is 5.00. The van der Waals surface area contributed by atoms with E-state index in [9.17, 15) is 4.79 Å². The molecule has 2 rings (SSSR count). The van der Waals surface area contributed by atoms with Gasteiger partial charge >= 0.3 is 0 Å². The number of Topliss-reactive ketones (excluding diaryl/α,β-unsaturated/α-hetero) is 1. The van der Waals surface area contributed by atoms with Gasteiger partial charge in [0.05, 0.1) is 3.79 Å². The molecular formula is C16H23BrO2S. The Kier molecular flexibility index (Phi) is 5.09. The SMILES string of the molecule is CCOC1(C(=O)Cc2ccc(Br)s2)CCC(C)(C)CC1. The number of carbonyl (C=O) groups is 1. The molecule has 2 nitrogen and oxygen atoms in total. The lowest BCUT2D eigenvalue weighted by atomic mass is 9.69.